The molecule has 0 atom stereocenters. The molecule has 0 aliphatic rings. The molecular weight excluding hydrogens is 297 g/mol. The summed E-state index contributed by atoms with van der Waals surface area (Å²) in [7, 11) is 0. The second-order valence-corrected chi connectivity index (χ2v) is 2.42. The molecule has 0 saturated heterocycles. The number of rotatable bonds is 0. The molecule has 32 valence electrons. The Labute approximate surface area is 78.3 Å². The van der Waals surface area contributed by atoms with Crippen LogP contribution >= 0.6 is 0 Å². The summed E-state index contributed by atoms with van der Waals surface area (Å²) < 4.78 is 34.5. The van der Waals surface area contributed by atoms with Crippen LogP contribution in [0.15, 0.2) is 0 Å². The number of hydrogen-bond donors (Lipinski definition) is 0. The fourth-order valence-corrected chi connectivity index (χ4v) is 0. The third-order valence-electron chi connectivity index (χ3n) is 0. The Kier molecular flexibility index (Phi) is 6.68. The molecule has 6 heavy (non-hydrogen) atoms. The van der Waals surface area contributed by atoms with Gasteiger partial charge in [-0.2, -0.15) is 0 Å². The summed E-state index contributed by atoms with van der Waals surface area (Å²) in [6.45, 7) is 0. The van der Waals surface area contributed by atoms with Crippen molar-refractivity contribution in [2.75, 3.05) is 0 Å². The zero-order chi connectivity index (χ0) is 4.50. The van der Waals surface area contributed by atoms with Gasteiger partial charge in [0.05, 0.1) is 0 Å². The van der Waals surface area contributed by atoms with E-state index >= 15 is 0 Å². The first-order chi connectivity index (χ1) is 2.00. The Morgan fingerprint density at radius 2 is 1.17 bits per heavy atom. The molecule has 0 heterocycles. The van der Waals surface area contributed by atoms with E-state index in [0.29, 0.717) is 0 Å². The molecule has 0 aromatic rings. The summed E-state index contributed by atoms with van der Waals surface area (Å²) in [4.78, 5) is 0. The second kappa shape index (κ2) is 3.74. The van der Waals surface area contributed by atoms with E-state index in [1.54, 1.807) is 0 Å². The third-order valence-corrected chi connectivity index (χ3v) is 0. The van der Waals surface area contributed by atoms with E-state index in [-0.39, 0.29) is 48.9 Å². The maximum absolute atomic E-state index is 8.63. The van der Waals surface area contributed by atoms with Gasteiger partial charge in [-0.25, -0.2) is 0 Å². The molecule has 0 bridgehead atoms. The van der Waals surface area contributed by atoms with Crippen LogP contribution in [0.25, 0.3) is 0 Å². The molecule has 0 saturated carbocycles. The molecule has 6 heteroatoms. The molecular formula is BaMoO4. The quantitative estimate of drug-likeness (QED) is 0.446. The molecule has 0 aliphatic carbocycles. The Morgan fingerprint density at radius 1 is 1.17 bits per heavy atom. The van der Waals surface area contributed by atoms with Gasteiger partial charge in [-0.3, -0.25) is 0 Å². The predicted molar refractivity (Wildman–Crippen MR) is 7.13 cm³/mol. The van der Waals surface area contributed by atoms with Gasteiger partial charge in [-0.15, -0.1) is 0 Å². The first kappa shape index (κ1) is 10.7. The average Bonchev–Trinajstić information content (AvgIpc) is 0.722. The number of hydrogen-bond acceptors (Lipinski definition) is 4. The summed E-state index contributed by atoms with van der Waals surface area (Å²) in [6.07, 6.45) is 0. The Hall–Kier alpha value is 1.78. The normalized spacial score (nSPS) is 9.67. The minimum absolute atomic E-state index is 0. The van der Waals surface area contributed by atoms with Crippen LogP contribution in [0.2, 0.25) is 0 Å². The molecule has 0 N–H and O–H groups in total. The van der Waals surface area contributed by atoms with Gasteiger partial charge in [0.1, 0.15) is 0 Å². The fourth-order valence-electron chi connectivity index (χ4n) is 0. The average molecular weight is 297 g/mol. The summed E-state index contributed by atoms with van der Waals surface area (Å²) >= 11 is -6.02. The van der Waals surface area contributed by atoms with Gasteiger partial charge in [-0.05, 0) is 0 Å². The molecule has 0 radical (unpaired) electrons. The molecule has 0 rings (SSSR count). The molecule has 0 aromatic heterocycles. The van der Waals surface area contributed by atoms with Crippen LogP contribution in [-0.2, 0) is 23.5 Å². The van der Waals surface area contributed by atoms with Crippen molar-refractivity contribution < 1.29 is 31.1 Å². The van der Waals surface area contributed by atoms with Crippen molar-refractivity contribution in [1.82, 2.24) is 0 Å². The molecule has 0 amide bonds. The molecule has 0 fully saturated rings. The van der Waals surface area contributed by atoms with E-state index in [1.165, 1.54) is 0 Å². The van der Waals surface area contributed by atoms with E-state index < -0.39 is 16.7 Å². The Bertz CT molecular complexity index is 90.7. The van der Waals surface area contributed by atoms with Crippen LogP contribution < -0.4 is 7.52 Å². The summed E-state index contributed by atoms with van der Waals surface area (Å²) in [5.41, 5.74) is 0. The van der Waals surface area contributed by atoms with Gasteiger partial charge in [0.2, 0.25) is 0 Å². The SMILES string of the molecule is [Ba+2].[O]=[Mo](=[O])([O-])[O-]. The Balaban J connectivity index is 0. The standard InChI is InChI=1S/Ba.Mo.4O/q+2;;;;2*-1. The van der Waals surface area contributed by atoms with Crippen LogP contribution in [0.3, 0.4) is 0 Å². The van der Waals surface area contributed by atoms with Gasteiger partial charge >= 0.3 is 79.9 Å². The topological polar surface area (TPSA) is 80.3 Å². The zero-order valence-corrected chi connectivity index (χ0v) is 9.20. The van der Waals surface area contributed by atoms with Crippen LogP contribution in [0.5, 0.6) is 0 Å². The van der Waals surface area contributed by atoms with Gasteiger partial charge in [-0.1, -0.05) is 0 Å². The van der Waals surface area contributed by atoms with Crippen molar-refractivity contribution >= 4 is 48.9 Å². The van der Waals surface area contributed by atoms with Crippen molar-refractivity contribution in [1.29, 1.82) is 0 Å². The van der Waals surface area contributed by atoms with Gasteiger partial charge < -0.3 is 0 Å². The van der Waals surface area contributed by atoms with Crippen LogP contribution in [-0.4, -0.2) is 48.9 Å². The first-order valence-corrected chi connectivity index (χ1v) is 3.94. The van der Waals surface area contributed by atoms with Crippen LogP contribution in [0, 0.1) is 0 Å². The summed E-state index contributed by atoms with van der Waals surface area (Å²) in [6, 6.07) is 0. The van der Waals surface area contributed by atoms with Crippen molar-refractivity contribution in [3.8, 4) is 0 Å². The van der Waals surface area contributed by atoms with Crippen molar-refractivity contribution in [2.24, 2.45) is 0 Å². The zero-order valence-electron chi connectivity index (χ0n) is 2.75. The molecule has 0 aromatic carbocycles. The third kappa shape index (κ3) is 41.7. The van der Waals surface area contributed by atoms with Gasteiger partial charge in [0.15, 0.2) is 0 Å². The van der Waals surface area contributed by atoms with Gasteiger partial charge in [0, 0.05) is 0 Å². The monoisotopic (exact) mass is 300 g/mol. The molecule has 0 spiro atoms. The van der Waals surface area contributed by atoms with Gasteiger partial charge in [0.25, 0.3) is 0 Å². The van der Waals surface area contributed by atoms with Crippen molar-refractivity contribution in [3.63, 3.8) is 0 Å². The first-order valence-electron chi connectivity index (χ1n) is 0.667. The maximum atomic E-state index is 8.63. The van der Waals surface area contributed by atoms with Crippen LogP contribution in [0.4, 0.5) is 0 Å². The van der Waals surface area contributed by atoms with E-state index in [9.17, 15) is 0 Å². The molecule has 0 unspecified atom stereocenters. The van der Waals surface area contributed by atoms with E-state index in [2.05, 4.69) is 0 Å². The fraction of sp³-hybridized carbons (Fsp3) is 0. The van der Waals surface area contributed by atoms with E-state index in [4.69, 9.17) is 14.3 Å². The van der Waals surface area contributed by atoms with Crippen molar-refractivity contribution in [2.45, 2.75) is 0 Å². The van der Waals surface area contributed by atoms with Crippen LogP contribution in [0.1, 0.15) is 0 Å². The Morgan fingerprint density at radius 3 is 1.17 bits per heavy atom. The van der Waals surface area contributed by atoms with E-state index in [1.807, 2.05) is 0 Å². The molecule has 0 aliphatic heterocycles. The second-order valence-electron chi connectivity index (χ2n) is 0.408. The predicted octanol–water partition coefficient (Wildman–Crippen LogP) is -3.00. The summed E-state index contributed by atoms with van der Waals surface area (Å²) in [5.74, 6) is 0. The van der Waals surface area contributed by atoms with E-state index in [0.717, 1.165) is 0 Å². The molecule has 4 nitrogen and oxygen atoms in total. The van der Waals surface area contributed by atoms with Crippen molar-refractivity contribution in [3.05, 3.63) is 0 Å². The summed E-state index contributed by atoms with van der Waals surface area (Å²) in [5, 5.41) is 0. The minimum atomic E-state index is -6.02.